The van der Waals surface area contributed by atoms with Gasteiger partial charge in [-0.3, -0.25) is 4.98 Å². The van der Waals surface area contributed by atoms with E-state index in [9.17, 15) is 0 Å². The third-order valence-corrected chi connectivity index (χ3v) is 2.74. The molecule has 0 aromatic carbocycles. The summed E-state index contributed by atoms with van der Waals surface area (Å²) in [7, 11) is 0. The lowest BCUT2D eigenvalue weighted by Gasteiger charge is -1.94. The first-order valence-corrected chi connectivity index (χ1v) is 8.87. The molecule has 0 saturated carbocycles. The van der Waals surface area contributed by atoms with E-state index in [2.05, 4.69) is 50.0 Å². The molecule has 0 bridgehead atoms. The molecule has 120 valence electrons. The number of aromatic nitrogens is 2. The summed E-state index contributed by atoms with van der Waals surface area (Å²) in [6.07, 6.45) is 4.10. The zero-order valence-corrected chi connectivity index (χ0v) is 15.6. The van der Waals surface area contributed by atoms with Gasteiger partial charge in [-0.1, -0.05) is 61.0 Å². The van der Waals surface area contributed by atoms with Crippen LogP contribution in [0.25, 0.3) is 0 Å². The van der Waals surface area contributed by atoms with Gasteiger partial charge in [0.05, 0.1) is 11.2 Å². The van der Waals surface area contributed by atoms with Crippen molar-refractivity contribution in [2.45, 2.75) is 67.2 Å². The Morgan fingerprint density at radius 2 is 1.67 bits per heavy atom. The summed E-state index contributed by atoms with van der Waals surface area (Å²) in [5.41, 5.74) is 4.23. The van der Waals surface area contributed by atoms with Crippen LogP contribution < -0.4 is 0 Å². The first-order chi connectivity index (χ1) is 10.2. The van der Waals surface area contributed by atoms with Gasteiger partial charge in [-0.05, 0) is 24.5 Å². The van der Waals surface area contributed by atoms with Gasteiger partial charge in [0.15, 0.2) is 0 Å². The molecular formula is C18H32N2S. The Labute approximate surface area is 135 Å². The molecule has 0 aliphatic heterocycles. The van der Waals surface area contributed by atoms with E-state index in [0.717, 1.165) is 12.1 Å². The van der Waals surface area contributed by atoms with Crippen LogP contribution in [0.2, 0.25) is 0 Å². The van der Waals surface area contributed by atoms with Crippen molar-refractivity contribution < 1.29 is 0 Å². The van der Waals surface area contributed by atoms with Crippen LogP contribution >= 0.6 is 11.3 Å². The summed E-state index contributed by atoms with van der Waals surface area (Å²) < 4.78 is 0. The van der Waals surface area contributed by atoms with Crippen molar-refractivity contribution in [3.8, 4) is 0 Å². The Kier molecular flexibility index (Phi) is 17.7. The van der Waals surface area contributed by atoms with Crippen LogP contribution in [-0.4, -0.2) is 9.97 Å². The molecule has 0 fully saturated rings. The largest absolute Gasteiger partial charge is 0.261 e. The number of rotatable bonds is 2. The fourth-order valence-corrected chi connectivity index (χ4v) is 1.83. The minimum Gasteiger partial charge on any atom is -0.261 e. The number of hydrogen-bond acceptors (Lipinski definition) is 3. The third-order valence-electron chi connectivity index (χ3n) is 2.13. The van der Waals surface area contributed by atoms with Crippen LogP contribution in [0.1, 0.15) is 72.2 Å². The molecule has 0 aliphatic carbocycles. The first-order valence-electron chi connectivity index (χ1n) is 7.93. The average Bonchev–Trinajstić information content (AvgIpc) is 3.06. The number of thiazole rings is 1. The first kappa shape index (κ1) is 22.1. The molecule has 0 spiro atoms. The maximum Gasteiger partial charge on any atom is 0.0794 e. The SMILES string of the molecule is CC.CC(C)c1cscn1.CCC.CCc1ccccn1. The maximum atomic E-state index is 4.13. The van der Waals surface area contributed by atoms with Crippen molar-refractivity contribution in [2.75, 3.05) is 0 Å². The summed E-state index contributed by atoms with van der Waals surface area (Å²) in [6, 6.07) is 5.96. The number of pyridine rings is 1. The maximum absolute atomic E-state index is 4.13. The molecule has 2 aromatic heterocycles. The highest BCUT2D eigenvalue weighted by atomic mass is 32.1. The van der Waals surface area contributed by atoms with E-state index < -0.39 is 0 Å². The van der Waals surface area contributed by atoms with Crippen molar-refractivity contribution in [1.29, 1.82) is 0 Å². The predicted molar refractivity (Wildman–Crippen MR) is 97.1 cm³/mol. The number of hydrogen-bond donors (Lipinski definition) is 0. The summed E-state index contributed by atoms with van der Waals surface area (Å²) in [5, 5.41) is 2.09. The summed E-state index contributed by atoms with van der Waals surface area (Å²) in [5.74, 6) is 0.584. The third kappa shape index (κ3) is 13.5. The molecule has 2 aromatic rings. The molecule has 0 atom stereocenters. The van der Waals surface area contributed by atoms with Crippen LogP contribution in [0.5, 0.6) is 0 Å². The summed E-state index contributed by atoms with van der Waals surface area (Å²) in [6.45, 7) is 14.6. The molecule has 0 unspecified atom stereocenters. The van der Waals surface area contributed by atoms with Gasteiger partial charge in [-0.15, -0.1) is 11.3 Å². The Morgan fingerprint density at radius 1 is 1.05 bits per heavy atom. The fraction of sp³-hybridized carbons (Fsp3) is 0.556. The zero-order valence-electron chi connectivity index (χ0n) is 14.8. The molecule has 3 heteroatoms. The molecule has 2 rings (SSSR count). The van der Waals surface area contributed by atoms with Gasteiger partial charge in [0.25, 0.3) is 0 Å². The zero-order chi connectivity index (χ0) is 16.5. The highest BCUT2D eigenvalue weighted by Crippen LogP contribution is 2.12. The van der Waals surface area contributed by atoms with Crippen LogP contribution in [0.4, 0.5) is 0 Å². The van der Waals surface area contributed by atoms with Gasteiger partial charge < -0.3 is 0 Å². The molecule has 2 nitrogen and oxygen atoms in total. The van der Waals surface area contributed by atoms with Gasteiger partial charge in [-0.2, -0.15) is 0 Å². The van der Waals surface area contributed by atoms with E-state index >= 15 is 0 Å². The highest BCUT2D eigenvalue weighted by molar-refractivity contribution is 7.07. The van der Waals surface area contributed by atoms with Crippen molar-refractivity contribution >= 4 is 11.3 Å². The quantitative estimate of drug-likeness (QED) is 0.645. The lowest BCUT2D eigenvalue weighted by Crippen LogP contribution is -1.83. The van der Waals surface area contributed by atoms with Crippen LogP contribution in [0.3, 0.4) is 0 Å². The molecule has 0 saturated heterocycles. The van der Waals surface area contributed by atoms with E-state index in [1.807, 2.05) is 43.8 Å². The smallest absolute Gasteiger partial charge is 0.0794 e. The molecular weight excluding hydrogens is 276 g/mol. The molecule has 0 amide bonds. The van der Waals surface area contributed by atoms with Gasteiger partial charge >= 0.3 is 0 Å². The second-order valence-corrected chi connectivity index (χ2v) is 5.17. The Hall–Kier alpha value is -1.22. The topological polar surface area (TPSA) is 25.8 Å². The lowest BCUT2D eigenvalue weighted by atomic mass is 10.2. The second-order valence-electron chi connectivity index (χ2n) is 4.45. The summed E-state index contributed by atoms with van der Waals surface area (Å²) >= 11 is 1.66. The van der Waals surface area contributed by atoms with E-state index in [0.29, 0.717) is 5.92 Å². The minimum absolute atomic E-state index is 0.584. The van der Waals surface area contributed by atoms with Crippen molar-refractivity contribution in [1.82, 2.24) is 9.97 Å². The number of aryl methyl sites for hydroxylation is 1. The molecule has 21 heavy (non-hydrogen) atoms. The molecule has 0 N–H and O–H groups in total. The Bertz CT molecular complexity index is 383. The van der Waals surface area contributed by atoms with Crippen molar-refractivity contribution in [3.63, 3.8) is 0 Å². The molecule has 2 heterocycles. The average molecular weight is 309 g/mol. The van der Waals surface area contributed by atoms with E-state index in [-0.39, 0.29) is 0 Å². The summed E-state index contributed by atoms with van der Waals surface area (Å²) in [4.78, 5) is 8.23. The molecule has 0 radical (unpaired) electrons. The monoisotopic (exact) mass is 308 g/mol. The Morgan fingerprint density at radius 3 is 1.90 bits per heavy atom. The van der Waals surface area contributed by atoms with Gasteiger partial charge in [0.1, 0.15) is 0 Å². The van der Waals surface area contributed by atoms with E-state index in [1.165, 1.54) is 12.1 Å². The van der Waals surface area contributed by atoms with E-state index in [4.69, 9.17) is 0 Å². The molecule has 0 aliphatic rings. The van der Waals surface area contributed by atoms with Crippen LogP contribution in [-0.2, 0) is 6.42 Å². The van der Waals surface area contributed by atoms with Gasteiger partial charge in [-0.25, -0.2) is 4.98 Å². The lowest BCUT2D eigenvalue weighted by molar-refractivity contribution is 0.833. The normalized spacial score (nSPS) is 8.57. The van der Waals surface area contributed by atoms with Crippen LogP contribution in [0.15, 0.2) is 35.3 Å². The standard InChI is InChI=1S/C7H9N.C6H9NS.C3H8.C2H6/c1-2-7-5-3-4-6-8-7;1-5(2)6-3-8-4-7-6;1-3-2;1-2/h3-6H,2H2,1H3;3-5H,1-2H3;3H2,1-2H3;1-2H3. The van der Waals surface area contributed by atoms with Crippen LogP contribution in [0, 0.1) is 0 Å². The fourth-order valence-electron chi connectivity index (χ4n) is 1.11. The van der Waals surface area contributed by atoms with Gasteiger partial charge in [0.2, 0.25) is 0 Å². The van der Waals surface area contributed by atoms with E-state index in [1.54, 1.807) is 11.3 Å². The number of nitrogens with zero attached hydrogens (tertiary/aromatic N) is 2. The second kappa shape index (κ2) is 16.8. The van der Waals surface area contributed by atoms with Crippen molar-refractivity contribution in [2.24, 2.45) is 0 Å². The Balaban J connectivity index is 0. The minimum atomic E-state index is 0.584. The van der Waals surface area contributed by atoms with Gasteiger partial charge in [0, 0.05) is 17.3 Å². The highest BCUT2D eigenvalue weighted by Gasteiger charge is 1.97. The van der Waals surface area contributed by atoms with Crippen molar-refractivity contribution in [3.05, 3.63) is 46.7 Å². The predicted octanol–water partition coefficient (Wildman–Crippen LogP) is 6.35.